The van der Waals surface area contributed by atoms with Crippen molar-refractivity contribution < 1.29 is 0 Å². The third-order valence-corrected chi connectivity index (χ3v) is 4.44. The number of thioether (sulfide) groups is 1. The molecule has 2 atom stereocenters. The Morgan fingerprint density at radius 1 is 1.21 bits per heavy atom. The first-order valence-electron chi connectivity index (χ1n) is 5.99. The normalized spacial score (nSPS) is 34.3. The van der Waals surface area contributed by atoms with Crippen LogP contribution in [0.4, 0.5) is 0 Å². The number of hydrogen-bond acceptors (Lipinski definition) is 3. The van der Waals surface area contributed by atoms with Gasteiger partial charge < -0.3 is 10.6 Å². The number of nitrogens with one attached hydrogen (secondary N) is 2. The molecular weight excluding hydrogens is 192 g/mol. The van der Waals surface area contributed by atoms with Crippen LogP contribution in [0, 0.1) is 0 Å². The van der Waals surface area contributed by atoms with Crippen molar-refractivity contribution in [1.29, 1.82) is 0 Å². The standard InChI is InChI=1S/C11H22N2S/c1-2-6-12-10(4-1)8-13-11-5-3-7-14-9-11/h10-13H,1-9H2. The molecule has 2 unspecified atom stereocenters. The first-order chi connectivity index (χ1) is 6.95. The highest BCUT2D eigenvalue weighted by atomic mass is 32.2. The number of rotatable bonds is 3. The minimum atomic E-state index is 0.746. The molecule has 14 heavy (non-hydrogen) atoms. The summed E-state index contributed by atoms with van der Waals surface area (Å²) in [5, 5.41) is 7.30. The van der Waals surface area contributed by atoms with Crippen molar-refractivity contribution >= 4 is 11.8 Å². The fourth-order valence-corrected chi connectivity index (χ4v) is 3.42. The molecule has 0 aromatic carbocycles. The van der Waals surface area contributed by atoms with Crippen molar-refractivity contribution in [1.82, 2.24) is 10.6 Å². The van der Waals surface area contributed by atoms with E-state index in [1.165, 1.54) is 56.7 Å². The molecule has 0 spiro atoms. The molecule has 0 aromatic heterocycles. The van der Waals surface area contributed by atoms with E-state index in [1.54, 1.807) is 0 Å². The van der Waals surface area contributed by atoms with Crippen LogP contribution in [0.15, 0.2) is 0 Å². The summed E-state index contributed by atoms with van der Waals surface area (Å²) in [5.74, 6) is 2.70. The van der Waals surface area contributed by atoms with E-state index in [-0.39, 0.29) is 0 Å². The van der Waals surface area contributed by atoms with E-state index >= 15 is 0 Å². The molecule has 0 radical (unpaired) electrons. The number of piperidine rings is 1. The molecule has 0 aliphatic carbocycles. The lowest BCUT2D eigenvalue weighted by Crippen LogP contribution is -2.46. The van der Waals surface area contributed by atoms with E-state index in [0.29, 0.717) is 0 Å². The van der Waals surface area contributed by atoms with Crippen molar-refractivity contribution in [2.75, 3.05) is 24.6 Å². The SMILES string of the molecule is C1CCC(CNC2CCCSC2)NC1. The van der Waals surface area contributed by atoms with E-state index in [1.807, 2.05) is 0 Å². The molecule has 2 rings (SSSR count). The third-order valence-electron chi connectivity index (χ3n) is 3.23. The predicted molar refractivity (Wildman–Crippen MR) is 64.0 cm³/mol. The van der Waals surface area contributed by atoms with Gasteiger partial charge in [0.2, 0.25) is 0 Å². The number of hydrogen-bond donors (Lipinski definition) is 2. The van der Waals surface area contributed by atoms with Crippen LogP contribution in [-0.4, -0.2) is 36.7 Å². The van der Waals surface area contributed by atoms with Crippen LogP contribution in [0.1, 0.15) is 32.1 Å². The summed E-state index contributed by atoms with van der Waals surface area (Å²) in [6, 6.07) is 1.54. The molecule has 0 amide bonds. The molecule has 2 N–H and O–H groups in total. The molecule has 3 heteroatoms. The van der Waals surface area contributed by atoms with Gasteiger partial charge in [-0.05, 0) is 38.0 Å². The second kappa shape index (κ2) is 5.99. The van der Waals surface area contributed by atoms with Crippen molar-refractivity contribution in [2.24, 2.45) is 0 Å². The molecule has 2 aliphatic heterocycles. The maximum atomic E-state index is 3.71. The Balaban J connectivity index is 1.60. The van der Waals surface area contributed by atoms with Gasteiger partial charge in [-0.2, -0.15) is 11.8 Å². The van der Waals surface area contributed by atoms with Crippen LogP contribution in [0.2, 0.25) is 0 Å². The Morgan fingerprint density at radius 3 is 2.93 bits per heavy atom. The van der Waals surface area contributed by atoms with Gasteiger partial charge in [0.1, 0.15) is 0 Å². The van der Waals surface area contributed by atoms with Crippen LogP contribution < -0.4 is 10.6 Å². The summed E-state index contributed by atoms with van der Waals surface area (Å²) >= 11 is 2.11. The zero-order valence-corrected chi connectivity index (χ0v) is 9.74. The Bertz CT molecular complexity index is 133. The lowest BCUT2D eigenvalue weighted by molar-refractivity contribution is 0.365. The van der Waals surface area contributed by atoms with Gasteiger partial charge in [0.25, 0.3) is 0 Å². The summed E-state index contributed by atoms with van der Waals surface area (Å²) in [6.45, 7) is 2.41. The summed E-state index contributed by atoms with van der Waals surface area (Å²) in [4.78, 5) is 0. The van der Waals surface area contributed by atoms with Crippen molar-refractivity contribution in [3.8, 4) is 0 Å². The van der Waals surface area contributed by atoms with Crippen molar-refractivity contribution in [2.45, 2.75) is 44.2 Å². The monoisotopic (exact) mass is 214 g/mol. The zero-order valence-electron chi connectivity index (χ0n) is 8.93. The molecule has 0 aromatic rings. The largest absolute Gasteiger partial charge is 0.313 e. The zero-order chi connectivity index (χ0) is 9.64. The van der Waals surface area contributed by atoms with Crippen molar-refractivity contribution in [3.05, 3.63) is 0 Å². The fraction of sp³-hybridized carbons (Fsp3) is 1.00. The smallest absolute Gasteiger partial charge is 0.0192 e. The van der Waals surface area contributed by atoms with Crippen LogP contribution >= 0.6 is 11.8 Å². The third kappa shape index (κ3) is 3.44. The molecule has 2 fully saturated rings. The maximum absolute atomic E-state index is 3.71. The minimum Gasteiger partial charge on any atom is -0.313 e. The van der Waals surface area contributed by atoms with E-state index < -0.39 is 0 Å². The molecule has 2 aliphatic rings. The van der Waals surface area contributed by atoms with E-state index in [9.17, 15) is 0 Å². The topological polar surface area (TPSA) is 24.1 Å². The van der Waals surface area contributed by atoms with E-state index in [0.717, 1.165) is 12.1 Å². The van der Waals surface area contributed by atoms with Gasteiger partial charge in [-0.25, -0.2) is 0 Å². The van der Waals surface area contributed by atoms with Crippen LogP contribution in [0.25, 0.3) is 0 Å². The quantitative estimate of drug-likeness (QED) is 0.746. The van der Waals surface area contributed by atoms with Gasteiger partial charge in [-0.15, -0.1) is 0 Å². The van der Waals surface area contributed by atoms with Gasteiger partial charge >= 0.3 is 0 Å². The Morgan fingerprint density at radius 2 is 2.21 bits per heavy atom. The van der Waals surface area contributed by atoms with Gasteiger partial charge in [-0.1, -0.05) is 6.42 Å². The van der Waals surface area contributed by atoms with Gasteiger partial charge in [-0.3, -0.25) is 0 Å². The molecule has 2 saturated heterocycles. The second-order valence-electron chi connectivity index (χ2n) is 4.47. The molecule has 82 valence electrons. The molecule has 2 heterocycles. The Kier molecular flexibility index (Phi) is 4.61. The second-order valence-corrected chi connectivity index (χ2v) is 5.62. The first-order valence-corrected chi connectivity index (χ1v) is 7.15. The average molecular weight is 214 g/mol. The summed E-state index contributed by atoms with van der Waals surface area (Å²) in [6.07, 6.45) is 6.95. The molecule has 0 saturated carbocycles. The van der Waals surface area contributed by atoms with E-state index in [4.69, 9.17) is 0 Å². The average Bonchev–Trinajstić information content (AvgIpc) is 2.29. The first kappa shape index (κ1) is 10.8. The minimum absolute atomic E-state index is 0.746. The van der Waals surface area contributed by atoms with Gasteiger partial charge in [0.15, 0.2) is 0 Å². The highest BCUT2D eigenvalue weighted by Gasteiger charge is 2.16. The van der Waals surface area contributed by atoms with Gasteiger partial charge in [0.05, 0.1) is 0 Å². The Hall–Kier alpha value is 0.270. The van der Waals surface area contributed by atoms with Crippen molar-refractivity contribution in [3.63, 3.8) is 0 Å². The predicted octanol–water partition coefficient (Wildman–Crippen LogP) is 1.61. The highest BCUT2D eigenvalue weighted by molar-refractivity contribution is 7.99. The molecule has 2 nitrogen and oxygen atoms in total. The molecule has 0 bridgehead atoms. The lowest BCUT2D eigenvalue weighted by atomic mass is 10.0. The summed E-state index contributed by atoms with van der Waals surface area (Å²) < 4.78 is 0. The van der Waals surface area contributed by atoms with Crippen LogP contribution in [0.5, 0.6) is 0 Å². The van der Waals surface area contributed by atoms with Crippen LogP contribution in [-0.2, 0) is 0 Å². The fourth-order valence-electron chi connectivity index (χ4n) is 2.31. The summed E-state index contributed by atoms with van der Waals surface area (Å²) in [7, 11) is 0. The van der Waals surface area contributed by atoms with E-state index in [2.05, 4.69) is 22.4 Å². The Labute approximate surface area is 91.6 Å². The summed E-state index contributed by atoms with van der Waals surface area (Å²) in [5.41, 5.74) is 0. The van der Waals surface area contributed by atoms with Crippen LogP contribution in [0.3, 0.4) is 0 Å². The maximum Gasteiger partial charge on any atom is 0.0192 e. The molecular formula is C11H22N2S. The lowest BCUT2D eigenvalue weighted by Gasteiger charge is -2.28. The van der Waals surface area contributed by atoms with Gasteiger partial charge in [0, 0.05) is 24.4 Å². The highest BCUT2D eigenvalue weighted by Crippen LogP contribution is 2.17.